The second-order valence-corrected chi connectivity index (χ2v) is 8.41. The summed E-state index contributed by atoms with van der Waals surface area (Å²) < 4.78 is 39.4. The summed E-state index contributed by atoms with van der Waals surface area (Å²) in [6.07, 6.45) is -4.52. The number of hydrogen-bond donors (Lipinski definition) is 1. The SMILES string of the molecule is CC(C)c1ccc(NC2=C(c3ccccc3)C(=O)N(Cc3cccc(C(F)(F)F)c3)C2=O)cc1. The molecule has 1 aliphatic heterocycles. The lowest BCUT2D eigenvalue weighted by molar-refractivity contribution is -0.137. The first-order valence-corrected chi connectivity index (χ1v) is 10.8. The van der Waals surface area contributed by atoms with Gasteiger partial charge in [-0.15, -0.1) is 0 Å². The Morgan fingerprint density at radius 3 is 2.15 bits per heavy atom. The van der Waals surface area contributed by atoms with Crippen LogP contribution in [0, 0.1) is 0 Å². The van der Waals surface area contributed by atoms with E-state index in [2.05, 4.69) is 19.2 Å². The lowest BCUT2D eigenvalue weighted by Gasteiger charge is -2.17. The van der Waals surface area contributed by atoms with Crippen molar-refractivity contribution < 1.29 is 22.8 Å². The van der Waals surface area contributed by atoms with E-state index in [-0.39, 0.29) is 23.4 Å². The molecule has 0 fully saturated rings. The van der Waals surface area contributed by atoms with E-state index in [4.69, 9.17) is 0 Å². The molecule has 3 aromatic rings. The minimum Gasteiger partial charge on any atom is -0.350 e. The largest absolute Gasteiger partial charge is 0.416 e. The van der Waals surface area contributed by atoms with Crippen LogP contribution in [0.5, 0.6) is 0 Å². The van der Waals surface area contributed by atoms with Crippen LogP contribution in [0.3, 0.4) is 0 Å². The normalized spacial score (nSPS) is 14.4. The van der Waals surface area contributed by atoms with Crippen molar-refractivity contribution in [1.29, 1.82) is 0 Å². The van der Waals surface area contributed by atoms with Crippen LogP contribution in [0.15, 0.2) is 84.6 Å². The summed E-state index contributed by atoms with van der Waals surface area (Å²) in [5.41, 5.74) is 1.98. The molecular weight excluding hydrogens is 441 g/mol. The number of hydrogen-bond acceptors (Lipinski definition) is 3. The van der Waals surface area contributed by atoms with E-state index < -0.39 is 23.6 Å². The van der Waals surface area contributed by atoms with E-state index in [0.29, 0.717) is 17.2 Å². The van der Waals surface area contributed by atoms with Crippen LogP contribution < -0.4 is 5.32 Å². The molecule has 0 radical (unpaired) electrons. The first-order chi connectivity index (χ1) is 16.1. The number of carbonyl (C=O) groups excluding carboxylic acids is 2. The molecule has 1 aliphatic rings. The van der Waals surface area contributed by atoms with Crippen molar-refractivity contribution in [3.8, 4) is 0 Å². The lowest BCUT2D eigenvalue weighted by Crippen LogP contribution is -2.32. The molecule has 4 rings (SSSR count). The molecule has 0 unspecified atom stereocenters. The number of halogens is 3. The van der Waals surface area contributed by atoms with E-state index in [1.807, 2.05) is 24.3 Å². The number of amides is 2. The molecule has 3 aromatic carbocycles. The fourth-order valence-electron chi connectivity index (χ4n) is 3.83. The molecule has 0 aromatic heterocycles. The van der Waals surface area contributed by atoms with Crippen molar-refractivity contribution >= 4 is 23.1 Å². The molecule has 2 amide bonds. The Balaban J connectivity index is 1.68. The number of nitrogens with zero attached hydrogens (tertiary/aromatic N) is 1. The van der Waals surface area contributed by atoms with Gasteiger partial charge in [-0.1, -0.05) is 68.4 Å². The minimum atomic E-state index is -4.52. The van der Waals surface area contributed by atoms with Gasteiger partial charge < -0.3 is 5.32 Å². The highest BCUT2D eigenvalue weighted by Gasteiger charge is 2.39. The summed E-state index contributed by atoms with van der Waals surface area (Å²) in [5, 5.41) is 3.07. The Morgan fingerprint density at radius 1 is 0.853 bits per heavy atom. The van der Waals surface area contributed by atoms with Crippen molar-refractivity contribution in [1.82, 2.24) is 4.90 Å². The third-order valence-corrected chi connectivity index (χ3v) is 5.67. The number of rotatable bonds is 6. The van der Waals surface area contributed by atoms with Gasteiger partial charge in [0.1, 0.15) is 5.70 Å². The number of nitrogens with one attached hydrogen (secondary N) is 1. The Bertz CT molecular complexity index is 1250. The fourth-order valence-corrected chi connectivity index (χ4v) is 3.83. The predicted octanol–water partition coefficient (Wildman–Crippen LogP) is 6.22. The quantitative estimate of drug-likeness (QED) is 0.441. The number of alkyl halides is 3. The van der Waals surface area contributed by atoms with E-state index >= 15 is 0 Å². The highest BCUT2D eigenvalue weighted by Crippen LogP contribution is 2.33. The molecule has 0 atom stereocenters. The maximum atomic E-state index is 13.3. The van der Waals surface area contributed by atoms with Gasteiger partial charge in [0.05, 0.1) is 17.7 Å². The monoisotopic (exact) mass is 464 g/mol. The zero-order valence-corrected chi connectivity index (χ0v) is 18.7. The third-order valence-electron chi connectivity index (χ3n) is 5.67. The van der Waals surface area contributed by atoms with Crippen LogP contribution in [0.4, 0.5) is 18.9 Å². The van der Waals surface area contributed by atoms with Crippen LogP contribution in [0.1, 0.15) is 42.0 Å². The zero-order valence-electron chi connectivity index (χ0n) is 18.7. The molecule has 7 heteroatoms. The molecule has 174 valence electrons. The first kappa shape index (κ1) is 23.3. The highest BCUT2D eigenvalue weighted by molar-refractivity contribution is 6.36. The third kappa shape index (κ3) is 4.73. The summed E-state index contributed by atoms with van der Waals surface area (Å²) in [6.45, 7) is 3.88. The fraction of sp³-hybridized carbons (Fsp3) is 0.185. The maximum Gasteiger partial charge on any atom is 0.416 e. The van der Waals surface area contributed by atoms with Gasteiger partial charge in [-0.25, -0.2) is 0 Å². The molecule has 0 spiro atoms. The van der Waals surface area contributed by atoms with Crippen LogP contribution in [0.2, 0.25) is 0 Å². The number of imide groups is 1. The van der Waals surface area contributed by atoms with E-state index in [0.717, 1.165) is 22.6 Å². The number of anilines is 1. The van der Waals surface area contributed by atoms with E-state index in [1.54, 1.807) is 30.3 Å². The molecular formula is C27H23F3N2O2. The van der Waals surface area contributed by atoms with Gasteiger partial charge >= 0.3 is 6.18 Å². The second kappa shape index (κ2) is 9.17. The van der Waals surface area contributed by atoms with Gasteiger partial charge in [-0.05, 0) is 46.9 Å². The summed E-state index contributed by atoms with van der Waals surface area (Å²) in [6, 6.07) is 20.9. The topological polar surface area (TPSA) is 49.4 Å². The van der Waals surface area contributed by atoms with Gasteiger partial charge in [0.2, 0.25) is 0 Å². The Hall–Kier alpha value is -3.87. The summed E-state index contributed by atoms with van der Waals surface area (Å²) in [7, 11) is 0. The van der Waals surface area contributed by atoms with Crippen molar-refractivity contribution in [3.05, 3.63) is 107 Å². The maximum absolute atomic E-state index is 13.3. The molecule has 1 heterocycles. The minimum absolute atomic E-state index is 0.0977. The van der Waals surface area contributed by atoms with Crippen molar-refractivity contribution in [3.63, 3.8) is 0 Å². The summed E-state index contributed by atoms with van der Waals surface area (Å²) in [4.78, 5) is 27.6. The van der Waals surface area contributed by atoms with Crippen LogP contribution in [-0.2, 0) is 22.3 Å². The van der Waals surface area contributed by atoms with Gasteiger partial charge in [0.25, 0.3) is 11.8 Å². The Labute approximate surface area is 195 Å². The van der Waals surface area contributed by atoms with E-state index in [1.165, 1.54) is 12.1 Å². The summed E-state index contributed by atoms with van der Waals surface area (Å²) in [5.74, 6) is -0.810. The Kier molecular flexibility index (Phi) is 6.28. The molecule has 0 saturated carbocycles. The average molecular weight is 464 g/mol. The van der Waals surface area contributed by atoms with Gasteiger partial charge in [0.15, 0.2) is 0 Å². The van der Waals surface area contributed by atoms with Gasteiger partial charge in [-0.3, -0.25) is 14.5 Å². The second-order valence-electron chi connectivity index (χ2n) is 8.41. The number of carbonyl (C=O) groups is 2. The Morgan fingerprint density at radius 2 is 1.53 bits per heavy atom. The lowest BCUT2D eigenvalue weighted by atomic mass is 10.0. The molecule has 0 aliphatic carbocycles. The van der Waals surface area contributed by atoms with E-state index in [9.17, 15) is 22.8 Å². The van der Waals surface area contributed by atoms with Gasteiger partial charge in [-0.2, -0.15) is 13.2 Å². The molecule has 1 N–H and O–H groups in total. The van der Waals surface area contributed by atoms with Crippen molar-refractivity contribution in [2.75, 3.05) is 5.32 Å². The van der Waals surface area contributed by atoms with Crippen LogP contribution >= 0.6 is 0 Å². The van der Waals surface area contributed by atoms with Crippen molar-refractivity contribution in [2.24, 2.45) is 0 Å². The van der Waals surface area contributed by atoms with Gasteiger partial charge in [0, 0.05) is 5.69 Å². The molecule has 0 saturated heterocycles. The first-order valence-electron chi connectivity index (χ1n) is 10.8. The standard InChI is InChI=1S/C27H23F3N2O2/c1-17(2)19-11-13-22(14-12-19)31-24-23(20-8-4-3-5-9-20)25(33)32(26(24)34)16-18-7-6-10-21(15-18)27(28,29)30/h3-15,17,31H,16H2,1-2H3. The molecule has 4 nitrogen and oxygen atoms in total. The predicted molar refractivity (Wildman–Crippen MR) is 125 cm³/mol. The van der Waals surface area contributed by atoms with Crippen LogP contribution in [-0.4, -0.2) is 16.7 Å². The van der Waals surface area contributed by atoms with Crippen LogP contribution in [0.25, 0.3) is 5.57 Å². The average Bonchev–Trinajstić information content (AvgIpc) is 3.04. The van der Waals surface area contributed by atoms with Crippen molar-refractivity contribution in [2.45, 2.75) is 32.5 Å². The smallest absolute Gasteiger partial charge is 0.350 e. The zero-order chi connectivity index (χ0) is 24.5. The highest BCUT2D eigenvalue weighted by atomic mass is 19.4. The molecule has 0 bridgehead atoms. The molecule has 34 heavy (non-hydrogen) atoms. The number of benzene rings is 3. The summed E-state index contributed by atoms with van der Waals surface area (Å²) >= 11 is 0.